The molecule has 3 rings (SSSR count). The third-order valence-corrected chi connectivity index (χ3v) is 18.2. The van der Waals surface area contributed by atoms with E-state index in [4.69, 9.17) is 18.3 Å². The van der Waals surface area contributed by atoms with E-state index in [9.17, 15) is 18.0 Å². The summed E-state index contributed by atoms with van der Waals surface area (Å²) in [5.41, 5.74) is -0.754. The lowest BCUT2D eigenvalue weighted by Gasteiger charge is -2.40. The zero-order chi connectivity index (χ0) is 30.3. The molecule has 1 heterocycles. The second-order valence-corrected chi connectivity index (χ2v) is 23.8. The number of ether oxygens (including phenoxy) is 2. The number of rotatable bonds is 9. The van der Waals surface area contributed by atoms with Crippen LogP contribution in [0.3, 0.4) is 0 Å². The molecule has 0 aromatic heterocycles. The van der Waals surface area contributed by atoms with Crippen LogP contribution in [0.1, 0.15) is 59.9 Å². The largest absolute Gasteiger partial charge is 0.491 e. The van der Waals surface area contributed by atoms with Gasteiger partial charge in [0, 0.05) is 18.3 Å². The van der Waals surface area contributed by atoms with Crippen molar-refractivity contribution >= 4 is 22.6 Å². The first-order valence-electron chi connectivity index (χ1n) is 14.1. The smallest absolute Gasteiger partial charge is 0.416 e. The van der Waals surface area contributed by atoms with E-state index < -0.39 is 34.5 Å². The predicted octanol–water partition coefficient (Wildman–Crippen LogP) is 8.37. The van der Waals surface area contributed by atoms with E-state index in [-0.39, 0.29) is 52.4 Å². The van der Waals surface area contributed by atoms with Crippen LogP contribution in [0.25, 0.3) is 0 Å². The van der Waals surface area contributed by atoms with E-state index in [0.29, 0.717) is 12.8 Å². The van der Waals surface area contributed by atoms with Gasteiger partial charge in [-0.25, -0.2) is 0 Å². The summed E-state index contributed by atoms with van der Waals surface area (Å²) in [4.78, 5) is 12.1. The maximum Gasteiger partial charge on any atom is 0.416 e. The minimum Gasteiger partial charge on any atom is -0.491 e. The molecule has 2 fully saturated rings. The van der Waals surface area contributed by atoms with Gasteiger partial charge in [-0.05, 0) is 54.5 Å². The second-order valence-electron chi connectivity index (χ2n) is 14.3. The Balaban J connectivity index is 1.87. The molecule has 5 atom stereocenters. The lowest BCUT2D eigenvalue weighted by molar-refractivity contribution is -0.142. The molecular formula is C30H47F3O5Si2. The van der Waals surface area contributed by atoms with Crippen molar-refractivity contribution in [3.05, 3.63) is 42.0 Å². The van der Waals surface area contributed by atoms with Gasteiger partial charge < -0.3 is 18.3 Å². The molecule has 40 heavy (non-hydrogen) atoms. The molecule has 1 aromatic carbocycles. The molecule has 0 spiro atoms. The van der Waals surface area contributed by atoms with Crippen molar-refractivity contribution in [3.63, 3.8) is 0 Å². The first-order chi connectivity index (χ1) is 18.1. The number of alkyl halides is 3. The molecule has 1 saturated heterocycles. The van der Waals surface area contributed by atoms with Crippen molar-refractivity contribution in [1.82, 2.24) is 0 Å². The fraction of sp³-hybridized carbons (Fsp3) is 0.700. The van der Waals surface area contributed by atoms with Crippen LogP contribution in [-0.2, 0) is 24.6 Å². The van der Waals surface area contributed by atoms with Gasteiger partial charge in [0.2, 0.25) is 0 Å². The van der Waals surface area contributed by atoms with Crippen molar-refractivity contribution in [2.75, 3.05) is 6.61 Å². The van der Waals surface area contributed by atoms with Gasteiger partial charge in [0.05, 0.1) is 24.2 Å². The number of carbonyl (C=O) groups excluding carboxylic acids is 1. The molecule has 1 aliphatic heterocycles. The Labute approximate surface area is 240 Å². The van der Waals surface area contributed by atoms with Gasteiger partial charge >= 0.3 is 12.1 Å². The topological polar surface area (TPSA) is 54.0 Å². The number of hydrogen-bond acceptors (Lipinski definition) is 5. The molecule has 2 aliphatic rings. The number of esters is 1. The lowest BCUT2D eigenvalue weighted by atomic mass is 9.91. The first-order valence-corrected chi connectivity index (χ1v) is 20.0. The molecule has 0 N–H and O–H groups in total. The highest BCUT2D eigenvalue weighted by molar-refractivity contribution is 6.74. The third kappa shape index (κ3) is 7.80. The van der Waals surface area contributed by atoms with Gasteiger partial charge in [0.15, 0.2) is 16.6 Å². The average molecular weight is 601 g/mol. The summed E-state index contributed by atoms with van der Waals surface area (Å²) in [7, 11) is -4.35. The van der Waals surface area contributed by atoms with Crippen LogP contribution in [0.2, 0.25) is 36.3 Å². The van der Waals surface area contributed by atoms with E-state index in [1.165, 1.54) is 12.1 Å². The Bertz CT molecular complexity index is 1070. The Kier molecular flexibility index (Phi) is 9.51. The van der Waals surface area contributed by atoms with Gasteiger partial charge in [0.25, 0.3) is 0 Å². The monoisotopic (exact) mass is 600 g/mol. The maximum absolute atomic E-state index is 13.2. The minimum atomic E-state index is -4.45. The van der Waals surface area contributed by atoms with Crippen LogP contribution >= 0.6 is 0 Å². The summed E-state index contributed by atoms with van der Waals surface area (Å²) in [5.74, 6) is -0.0517. The molecular weight excluding hydrogens is 553 g/mol. The SMILES string of the molecule is CC(C)(C)[Si](C)(C)O[C@@H](/C=C/[C@@H]1C2CC(=O)O[C@H]2C[C@H]1O[Si](C)(C)C(C)(C)C)COc1cccc(C(F)(F)F)c1. The van der Waals surface area contributed by atoms with Gasteiger partial charge in [-0.1, -0.05) is 59.8 Å². The standard InChI is InChI=1S/C30H47F3O5Si2/c1-28(2,3)39(7,8)37-22(19-35-21-13-11-12-20(16-21)30(31,32)33)14-15-23-24-17-27(34)36-25(24)18-26(23)38-40(9,10)29(4,5)6/h11-16,22-26H,17-19H2,1-10H3/b15-14+/t22-,23+,24?,25-,26+/m0/s1. The van der Waals surface area contributed by atoms with Gasteiger partial charge in [-0.3, -0.25) is 4.79 Å². The minimum absolute atomic E-state index is 0.0245. The third-order valence-electron chi connectivity index (χ3n) is 9.18. The zero-order valence-corrected chi connectivity index (χ0v) is 27.6. The van der Waals surface area contributed by atoms with Crippen molar-refractivity contribution < 1.29 is 36.3 Å². The van der Waals surface area contributed by atoms with Gasteiger partial charge in [-0.2, -0.15) is 13.2 Å². The number of carbonyl (C=O) groups is 1. The Morgan fingerprint density at radius 3 is 2.23 bits per heavy atom. The highest BCUT2D eigenvalue weighted by Gasteiger charge is 2.52. The molecule has 226 valence electrons. The van der Waals surface area contributed by atoms with Crippen LogP contribution in [0.15, 0.2) is 36.4 Å². The molecule has 1 aliphatic carbocycles. The summed E-state index contributed by atoms with van der Waals surface area (Å²) in [6, 6.07) is 4.91. The van der Waals surface area contributed by atoms with Crippen LogP contribution < -0.4 is 4.74 Å². The summed E-state index contributed by atoms with van der Waals surface area (Å²) in [6.07, 6.45) is -0.131. The van der Waals surface area contributed by atoms with Crippen LogP contribution in [0.5, 0.6) is 5.75 Å². The quantitative estimate of drug-likeness (QED) is 0.162. The van der Waals surface area contributed by atoms with Crippen LogP contribution in [0, 0.1) is 11.8 Å². The molecule has 1 unspecified atom stereocenters. The fourth-order valence-corrected chi connectivity index (χ4v) is 7.34. The van der Waals surface area contributed by atoms with E-state index in [1.54, 1.807) is 0 Å². The Morgan fingerprint density at radius 1 is 1.02 bits per heavy atom. The van der Waals surface area contributed by atoms with E-state index in [2.05, 4.69) is 73.8 Å². The molecule has 1 saturated carbocycles. The summed E-state index contributed by atoms with van der Waals surface area (Å²) < 4.78 is 64.8. The summed E-state index contributed by atoms with van der Waals surface area (Å²) in [5, 5.41) is -0.0458. The number of fused-ring (bicyclic) bond motifs is 1. The van der Waals surface area contributed by atoms with Crippen molar-refractivity contribution in [1.29, 1.82) is 0 Å². The van der Waals surface area contributed by atoms with Crippen molar-refractivity contribution in [2.45, 2.75) is 115 Å². The molecule has 0 bridgehead atoms. The highest BCUT2D eigenvalue weighted by Crippen LogP contribution is 2.47. The number of hydrogen-bond donors (Lipinski definition) is 0. The molecule has 1 aromatic rings. The van der Waals surface area contributed by atoms with E-state index in [1.807, 2.05) is 6.08 Å². The molecule has 0 amide bonds. The Hall–Kier alpha value is -1.63. The number of benzene rings is 1. The summed E-state index contributed by atoms with van der Waals surface area (Å²) in [6.45, 7) is 21.8. The lowest BCUT2D eigenvalue weighted by Crippen LogP contribution is -2.45. The van der Waals surface area contributed by atoms with Gasteiger partial charge in [0.1, 0.15) is 18.5 Å². The highest BCUT2D eigenvalue weighted by atomic mass is 28.4. The van der Waals surface area contributed by atoms with E-state index in [0.717, 1.165) is 12.1 Å². The Morgan fingerprint density at radius 2 is 1.65 bits per heavy atom. The average Bonchev–Trinajstić information content (AvgIpc) is 3.28. The normalized spacial score (nSPS) is 25.3. The van der Waals surface area contributed by atoms with Gasteiger partial charge in [-0.15, -0.1) is 0 Å². The van der Waals surface area contributed by atoms with Crippen LogP contribution in [-0.4, -0.2) is 47.5 Å². The molecule has 5 nitrogen and oxygen atoms in total. The first kappa shape index (κ1) is 32.9. The maximum atomic E-state index is 13.2. The summed E-state index contributed by atoms with van der Waals surface area (Å²) >= 11 is 0. The zero-order valence-electron chi connectivity index (χ0n) is 25.6. The van der Waals surface area contributed by atoms with E-state index >= 15 is 0 Å². The van der Waals surface area contributed by atoms with Crippen LogP contribution in [0.4, 0.5) is 13.2 Å². The number of halogens is 3. The fourth-order valence-electron chi connectivity index (χ4n) is 4.72. The van der Waals surface area contributed by atoms with Crippen molar-refractivity contribution in [2.24, 2.45) is 11.8 Å². The van der Waals surface area contributed by atoms with Crippen molar-refractivity contribution in [3.8, 4) is 5.75 Å². The molecule has 10 heteroatoms. The molecule has 0 radical (unpaired) electrons. The second kappa shape index (κ2) is 11.6. The predicted molar refractivity (Wildman–Crippen MR) is 156 cm³/mol.